The molecule has 0 radical (unpaired) electrons. The minimum absolute atomic E-state index is 0.468. The van der Waals surface area contributed by atoms with Gasteiger partial charge >= 0.3 is 0 Å². The topological polar surface area (TPSA) is 15.5 Å². The smallest absolute Gasteiger partial charge is 0.244 e. The summed E-state index contributed by atoms with van der Waals surface area (Å²) < 4.78 is 8.26. The monoisotopic (exact) mass is 429 g/mol. The van der Waals surface area contributed by atoms with Crippen molar-refractivity contribution in [1.29, 1.82) is 0 Å². The lowest BCUT2D eigenvalue weighted by Gasteiger charge is -2.21. The second kappa shape index (κ2) is 8.97. The molecule has 0 unspecified atom stereocenters. The maximum absolute atomic E-state index is 5.79. The lowest BCUT2D eigenvalue weighted by molar-refractivity contribution is -0.425. The molecule has 0 aromatic heterocycles. The minimum atomic E-state index is 0.468. The first-order chi connectivity index (χ1) is 15.3. The molecule has 1 aliphatic heterocycles. The van der Waals surface area contributed by atoms with E-state index in [0.717, 1.165) is 24.5 Å². The summed E-state index contributed by atoms with van der Waals surface area (Å²) in [7, 11) is 1.76. The lowest BCUT2D eigenvalue weighted by atomic mass is 9.87. The fourth-order valence-electron chi connectivity index (χ4n) is 4.78. The Morgan fingerprint density at radius 2 is 1.50 bits per heavy atom. The first kappa shape index (κ1) is 22.4. The molecule has 1 aliphatic rings. The molecule has 0 spiro atoms. The average Bonchev–Trinajstić information content (AvgIpc) is 3.26. The molecule has 3 nitrogen and oxygen atoms in total. The Kier molecular flexibility index (Phi) is 6.28. The Balaban J connectivity index is 1.88. The number of rotatable bonds is 6. The zero-order chi connectivity index (χ0) is 23.0. The molecule has 168 valence electrons. The van der Waals surface area contributed by atoms with E-state index >= 15 is 0 Å². The van der Waals surface area contributed by atoms with Crippen LogP contribution in [0.4, 0.5) is 11.4 Å². The normalized spacial score (nSPS) is 14.2. The second-order valence-electron chi connectivity index (χ2n) is 9.85. The number of benzene rings is 3. The van der Waals surface area contributed by atoms with E-state index in [9.17, 15) is 0 Å². The van der Waals surface area contributed by atoms with Gasteiger partial charge in [0.15, 0.2) is 11.4 Å². The van der Waals surface area contributed by atoms with E-state index in [0.29, 0.717) is 17.8 Å². The van der Waals surface area contributed by atoms with Gasteiger partial charge in [-0.1, -0.05) is 77.9 Å². The molecule has 3 heteroatoms. The first-order valence-corrected chi connectivity index (χ1v) is 11.9. The molecule has 0 saturated carbocycles. The molecule has 4 rings (SSSR count). The van der Waals surface area contributed by atoms with Gasteiger partial charge in [-0.3, -0.25) is 0 Å². The minimum Gasteiger partial charge on any atom is -0.492 e. The highest BCUT2D eigenvalue weighted by Crippen LogP contribution is 2.40. The predicted octanol–water partition coefficient (Wildman–Crippen LogP) is 7.41. The van der Waals surface area contributed by atoms with Crippen molar-refractivity contribution >= 4 is 28.5 Å². The summed E-state index contributed by atoms with van der Waals surface area (Å²) in [5.74, 6) is 2.38. The van der Waals surface area contributed by atoms with Crippen LogP contribution in [0.25, 0.3) is 10.8 Å². The van der Waals surface area contributed by atoms with Crippen molar-refractivity contribution in [3.8, 4) is 5.75 Å². The van der Waals surface area contributed by atoms with Crippen LogP contribution < -0.4 is 9.64 Å². The molecular formula is C29H37N2O+. The molecule has 0 bridgehead atoms. The van der Waals surface area contributed by atoms with Gasteiger partial charge in [0.1, 0.15) is 18.8 Å². The van der Waals surface area contributed by atoms with E-state index in [-0.39, 0.29) is 0 Å². The number of nitrogens with zero attached hydrogens (tertiary/aromatic N) is 2. The van der Waals surface area contributed by atoms with E-state index < -0.39 is 0 Å². The van der Waals surface area contributed by atoms with Crippen LogP contribution in [-0.4, -0.2) is 31.1 Å². The number of anilines is 1. The summed E-state index contributed by atoms with van der Waals surface area (Å²) in [6, 6.07) is 17.7. The maximum Gasteiger partial charge on any atom is 0.244 e. The van der Waals surface area contributed by atoms with Crippen LogP contribution in [0.2, 0.25) is 0 Å². The number of ether oxygens (including phenoxy) is 1. The Morgan fingerprint density at radius 1 is 0.844 bits per heavy atom. The van der Waals surface area contributed by atoms with Crippen molar-refractivity contribution in [3.05, 3.63) is 65.2 Å². The van der Waals surface area contributed by atoms with Crippen molar-refractivity contribution in [3.63, 3.8) is 0 Å². The summed E-state index contributed by atoms with van der Waals surface area (Å²) in [5, 5.41) is 2.47. The van der Waals surface area contributed by atoms with Gasteiger partial charge in [0.2, 0.25) is 6.34 Å². The van der Waals surface area contributed by atoms with E-state index in [1.165, 1.54) is 33.2 Å². The standard InChI is InChI=1S/C29H37N2O/c1-19(2)23-16-25(20(3)4)28(26(17-23)21(5)6)30-14-15-31(18-30)29-24-11-9-8-10-22(24)12-13-27(29)32-7/h8-13,16-21H,14-15H2,1-7H3/q+1. The molecule has 0 fully saturated rings. The van der Waals surface area contributed by atoms with Gasteiger partial charge in [-0.05, 0) is 40.8 Å². The van der Waals surface area contributed by atoms with Gasteiger partial charge in [-0.2, -0.15) is 0 Å². The highest BCUT2D eigenvalue weighted by molar-refractivity contribution is 6.02. The highest BCUT2D eigenvalue weighted by atomic mass is 16.5. The SMILES string of the molecule is COc1ccc2ccccc2c1N1C=[N+](c2c(C(C)C)cc(C(C)C)cc2C(C)C)CC1. The third kappa shape index (κ3) is 4.01. The fourth-order valence-corrected chi connectivity index (χ4v) is 4.78. The van der Waals surface area contributed by atoms with Gasteiger partial charge in [-0.15, -0.1) is 0 Å². The first-order valence-electron chi connectivity index (χ1n) is 11.9. The van der Waals surface area contributed by atoms with Gasteiger partial charge in [0, 0.05) is 16.5 Å². The van der Waals surface area contributed by atoms with Gasteiger partial charge in [0.05, 0.1) is 7.11 Å². The lowest BCUT2D eigenvalue weighted by Crippen LogP contribution is -2.19. The van der Waals surface area contributed by atoms with Crippen LogP contribution in [0.15, 0.2) is 48.5 Å². The van der Waals surface area contributed by atoms with E-state index in [1.807, 2.05) is 0 Å². The van der Waals surface area contributed by atoms with Gasteiger partial charge in [0.25, 0.3) is 0 Å². The van der Waals surface area contributed by atoms with Crippen LogP contribution >= 0.6 is 0 Å². The third-order valence-electron chi connectivity index (χ3n) is 6.62. The molecule has 1 heterocycles. The summed E-state index contributed by atoms with van der Waals surface area (Å²) in [6.07, 6.45) is 2.30. The Morgan fingerprint density at radius 3 is 2.09 bits per heavy atom. The van der Waals surface area contributed by atoms with Crippen LogP contribution in [-0.2, 0) is 0 Å². The molecule has 3 aromatic carbocycles. The van der Waals surface area contributed by atoms with Crippen LogP contribution in [0.3, 0.4) is 0 Å². The number of hydrogen-bond donors (Lipinski definition) is 0. The Bertz CT molecular complexity index is 1130. The maximum atomic E-state index is 5.79. The largest absolute Gasteiger partial charge is 0.492 e. The average molecular weight is 430 g/mol. The summed E-state index contributed by atoms with van der Waals surface area (Å²) in [6.45, 7) is 15.7. The number of fused-ring (bicyclic) bond motifs is 1. The van der Waals surface area contributed by atoms with Crippen LogP contribution in [0.5, 0.6) is 5.75 Å². The molecule has 0 aliphatic carbocycles. The summed E-state index contributed by atoms with van der Waals surface area (Å²) >= 11 is 0. The quantitative estimate of drug-likeness (QED) is 0.379. The zero-order valence-electron chi connectivity index (χ0n) is 20.6. The van der Waals surface area contributed by atoms with Crippen molar-refractivity contribution < 1.29 is 9.31 Å². The summed E-state index contributed by atoms with van der Waals surface area (Å²) in [5.41, 5.74) is 6.88. The van der Waals surface area contributed by atoms with Crippen molar-refractivity contribution in [2.45, 2.75) is 59.3 Å². The Hall–Kier alpha value is -2.81. The molecular weight excluding hydrogens is 392 g/mol. The highest BCUT2D eigenvalue weighted by Gasteiger charge is 2.31. The molecule has 0 amide bonds. The molecule has 0 N–H and O–H groups in total. The van der Waals surface area contributed by atoms with E-state index in [2.05, 4.69) is 106 Å². The summed E-state index contributed by atoms with van der Waals surface area (Å²) in [4.78, 5) is 2.37. The Labute approximate surface area is 193 Å². The number of hydrogen-bond acceptors (Lipinski definition) is 2. The third-order valence-corrected chi connectivity index (χ3v) is 6.62. The van der Waals surface area contributed by atoms with Crippen LogP contribution in [0, 0.1) is 0 Å². The molecule has 32 heavy (non-hydrogen) atoms. The second-order valence-corrected chi connectivity index (χ2v) is 9.85. The molecule has 0 atom stereocenters. The van der Waals surface area contributed by atoms with Crippen molar-refractivity contribution in [2.75, 3.05) is 25.1 Å². The van der Waals surface area contributed by atoms with Crippen molar-refractivity contribution in [1.82, 2.24) is 0 Å². The van der Waals surface area contributed by atoms with Gasteiger partial charge < -0.3 is 4.74 Å². The number of methoxy groups -OCH3 is 1. The zero-order valence-corrected chi connectivity index (χ0v) is 20.6. The molecule has 3 aromatic rings. The predicted molar refractivity (Wildman–Crippen MR) is 137 cm³/mol. The van der Waals surface area contributed by atoms with Crippen LogP contribution in [0.1, 0.15) is 76.0 Å². The van der Waals surface area contributed by atoms with E-state index in [1.54, 1.807) is 7.11 Å². The fraction of sp³-hybridized carbons (Fsp3) is 0.414. The van der Waals surface area contributed by atoms with E-state index in [4.69, 9.17) is 4.74 Å². The molecule has 0 saturated heterocycles. The van der Waals surface area contributed by atoms with Gasteiger partial charge in [-0.25, -0.2) is 9.48 Å². The van der Waals surface area contributed by atoms with Crippen molar-refractivity contribution in [2.24, 2.45) is 0 Å².